The Morgan fingerprint density at radius 1 is 0.969 bits per heavy atom. The highest BCUT2D eigenvalue weighted by Gasteiger charge is 2.36. The summed E-state index contributed by atoms with van der Waals surface area (Å²) in [6.45, 7) is 8.67. The number of methoxy groups -OCH3 is 1. The van der Waals surface area contributed by atoms with Crippen LogP contribution >= 0.6 is 0 Å². The van der Waals surface area contributed by atoms with E-state index < -0.39 is 34.8 Å². The number of carbonyl (C=O) groups is 3. The summed E-state index contributed by atoms with van der Waals surface area (Å²) in [5, 5.41) is 2.74. The van der Waals surface area contributed by atoms with Crippen LogP contribution in [0.15, 0.2) is 36.4 Å². The van der Waals surface area contributed by atoms with Crippen LogP contribution in [0.3, 0.4) is 0 Å². The van der Waals surface area contributed by atoms with Gasteiger partial charge in [-0.1, -0.05) is 39.0 Å². The van der Waals surface area contributed by atoms with Gasteiger partial charge in [0.15, 0.2) is 5.78 Å². The average molecular weight is 449 g/mol. The molecular formula is C24H26F3NO4. The van der Waals surface area contributed by atoms with Crippen molar-refractivity contribution in [3.63, 3.8) is 0 Å². The molecule has 1 amide bonds. The fraction of sp³-hybridized carbons (Fsp3) is 0.375. The highest BCUT2D eigenvalue weighted by atomic mass is 19.4. The Bertz CT molecular complexity index is 1050. The smallest absolute Gasteiger partial charge is 0.416 e. The number of ketones is 1. The summed E-state index contributed by atoms with van der Waals surface area (Å²) in [4.78, 5) is 38.5. The Balaban J connectivity index is 2.66. The summed E-state index contributed by atoms with van der Waals surface area (Å²) >= 11 is 0. The Morgan fingerprint density at radius 3 is 2.09 bits per heavy atom. The first-order valence-corrected chi connectivity index (χ1v) is 9.88. The number of nitrogens with one attached hydrogen (secondary N) is 1. The van der Waals surface area contributed by atoms with Crippen molar-refractivity contribution in [1.29, 1.82) is 0 Å². The number of hydrogen-bond donors (Lipinski definition) is 1. The van der Waals surface area contributed by atoms with Crippen molar-refractivity contribution >= 4 is 23.3 Å². The first kappa shape index (κ1) is 25.1. The third kappa shape index (κ3) is 5.55. The molecule has 2 aromatic rings. The molecule has 0 aliphatic carbocycles. The molecule has 0 aromatic heterocycles. The van der Waals surface area contributed by atoms with Crippen LogP contribution in [-0.2, 0) is 20.5 Å². The molecule has 2 rings (SSSR count). The summed E-state index contributed by atoms with van der Waals surface area (Å²) < 4.78 is 44.2. The number of carbonyl (C=O) groups excluding carboxylic acids is 3. The van der Waals surface area contributed by atoms with E-state index in [0.29, 0.717) is 6.07 Å². The third-order valence-electron chi connectivity index (χ3n) is 5.08. The fourth-order valence-electron chi connectivity index (χ4n) is 3.00. The molecule has 0 bridgehead atoms. The molecule has 1 atom stereocenters. The van der Waals surface area contributed by atoms with Gasteiger partial charge in [0, 0.05) is 16.7 Å². The van der Waals surface area contributed by atoms with Gasteiger partial charge in [-0.25, -0.2) is 0 Å². The van der Waals surface area contributed by atoms with Crippen LogP contribution in [0.1, 0.15) is 59.3 Å². The Labute approximate surface area is 185 Å². The second kappa shape index (κ2) is 9.14. The normalized spacial score (nSPS) is 12.8. The van der Waals surface area contributed by atoms with E-state index >= 15 is 0 Å². The van der Waals surface area contributed by atoms with Gasteiger partial charge in [0.25, 0.3) is 0 Å². The Hall–Kier alpha value is -3.16. The summed E-state index contributed by atoms with van der Waals surface area (Å²) in [5.74, 6) is -3.71. The lowest BCUT2D eigenvalue weighted by Crippen LogP contribution is -2.30. The van der Waals surface area contributed by atoms with Gasteiger partial charge in [-0.2, -0.15) is 13.2 Å². The van der Waals surface area contributed by atoms with Crippen molar-refractivity contribution in [3.8, 4) is 0 Å². The summed E-state index contributed by atoms with van der Waals surface area (Å²) in [5.41, 5.74) is -0.145. The number of halogens is 3. The largest absolute Gasteiger partial charge is 0.468 e. The first-order valence-electron chi connectivity index (χ1n) is 9.88. The number of aryl methyl sites for hydroxylation is 2. The van der Waals surface area contributed by atoms with E-state index in [2.05, 4.69) is 5.32 Å². The van der Waals surface area contributed by atoms with E-state index in [1.807, 2.05) is 0 Å². The molecule has 1 unspecified atom stereocenters. The average Bonchev–Trinajstić information content (AvgIpc) is 2.70. The van der Waals surface area contributed by atoms with Gasteiger partial charge in [0.05, 0.1) is 12.7 Å². The molecule has 0 saturated carbocycles. The molecule has 0 saturated heterocycles. The molecule has 0 aliphatic rings. The van der Waals surface area contributed by atoms with Crippen LogP contribution in [0, 0.1) is 19.3 Å². The lowest BCUT2D eigenvalue weighted by molar-refractivity contribution is -0.141. The summed E-state index contributed by atoms with van der Waals surface area (Å²) in [6.07, 6.45) is -4.65. The van der Waals surface area contributed by atoms with Crippen molar-refractivity contribution in [2.75, 3.05) is 12.4 Å². The number of alkyl halides is 3. The van der Waals surface area contributed by atoms with E-state index in [9.17, 15) is 27.6 Å². The second-order valence-electron chi connectivity index (χ2n) is 8.63. The van der Waals surface area contributed by atoms with Gasteiger partial charge in [-0.3, -0.25) is 14.4 Å². The van der Waals surface area contributed by atoms with Gasteiger partial charge in [0.1, 0.15) is 5.92 Å². The highest BCUT2D eigenvalue weighted by molar-refractivity contribution is 6.14. The standard InChI is InChI=1S/C24H26F3NO4/c1-13-10-17(18(11-14(13)2)28-22(31)23(3,4)5)19(21(30)32-6)20(29)15-8-7-9-16(12-15)24(25,26)27/h7-12,19H,1-6H3,(H,28,31). The number of amides is 1. The van der Waals surface area contributed by atoms with E-state index in [1.165, 1.54) is 6.07 Å². The van der Waals surface area contributed by atoms with E-state index in [4.69, 9.17) is 4.74 Å². The van der Waals surface area contributed by atoms with E-state index in [1.54, 1.807) is 46.8 Å². The molecule has 0 spiro atoms. The summed E-state index contributed by atoms with van der Waals surface area (Å²) in [7, 11) is 1.09. The van der Waals surface area contributed by atoms with Crippen LogP contribution in [0.4, 0.5) is 18.9 Å². The predicted molar refractivity (Wildman–Crippen MR) is 115 cm³/mol. The minimum Gasteiger partial charge on any atom is -0.468 e. The molecule has 0 radical (unpaired) electrons. The SMILES string of the molecule is COC(=O)C(C(=O)c1cccc(C(F)(F)F)c1)c1cc(C)c(C)cc1NC(=O)C(C)(C)C. The highest BCUT2D eigenvalue weighted by Crippen LogP contribution is 2.34. The Kier molecular flexibility index (Phi) is 7.17. The summed E-state index contributed by atoms with van der Waals surface area (Å²) in [6, 6.07) is 7.06. The molecule has 2 aromatic carbocycles. The molecule has 8 heteroatoms. The number of Topliss-reactive ketones (excluding diaryl/α,β-unsaturated/α-hetero) is 1. The van der Waals surface area contributed by atoms with Gasteiger partial charge >= 0.3 is 12.1 Å². The Morgan fingerprint density at radius 2 is 1.56 bits per heavy atom. The third-order valence-corrected chi connectivity index (χ3v) is 5.08. The fourth-order valence-corrected chi connectivity index (χ4v) is 3.00. The van der Waals surface area contributed by atoms with Gasteiger partial charge in [-0.15, -0.1) is 0 Å². The molecule has 0 aliphatic heterocycles. The van der Waals surface area contributed by atoms with Gasteiger partial charge in [-0.05, 0) is 48.7 Å². The molecule has 1 N–H and O–H groups in total. The zero-order valence-electron chi connectivity index (χ0n) is 18.8. The van der Waals surface area contributed by atoms with E-state index in [-0.39, 0.29) is 22.7 Å². The first-order chi connectivity index (χ1) is 14.7. The number of hydrogen-bond acceptors (Lipinski definition) is 4. The molecule has 32 heavy (non-hydrogen) atoms. The van der Waals surface area contributed by atoms with Crippen LogP contribution in [0.25, 0.3) is 0 Å². The number of esters is 1. The van der Waals surface area contributed by atoms with E-state index in [0.717, 1.165) is 30.4 Å². The van der Waals surface area contributed by atoms with Crippen LogP contribution in [-0.4, -0.2) is 24.8 Å². The number of anilines is 1. The van der Waals surface area contributed by atoms with Gasteiger partial charge in [0.2, 0.25) is 5.91 Å². The van der Waals surface area contributed by atoms with Crippen molar-refractivity contribution < 1.29 is 32.3 Å². The molecular weight excluding hydrogens is 423 g/mol. The van der Waals surface area contributed by atoms with Crippen LogP contribution in [0.5, 0.6) is 0 Å². The molecule has 0 heterocycles. The second-order valence-corrected chi connectivity index (χ2v) is 8.63. The zero-order valence-corrected chi connectivity index (χ0v) is 18.8. The van der Waals surface area contributed by atoms with Crippen molar-refractivity contribution in [2.24, 2.45) is 5.41 Å². The zero-order chi connectivity index (χ0) is 24.4. The number of ether oxygens (including phenoxy) is 1. The minimum absolute atomic E-state index is 0.153. The maximum atomic E-state index is 13.3. The van der Waals surface area contributed by atoms with Crippen LogP contribution < -0.4 is 5.32 Å². The quantitative estimate of drug-likeness (QED) is 0.375. The van der Waals surface area contributed by atoms with Crippen molar-refractivity contribution in [1.82, 2.24) is 0 Å². The minimum atomic E-state index is -4.65. The van der Waals surface area contributed by atoms with Crippen molar-refractivity contribution in [2.45, 2.75) is 46.7 Å². The molecule has 172 valence electrons. The van der Waals surface area contributed by atoms with Gasteiger partial charge < -0.3 is 10.1 Å². The molecule has 5 nitrogen and oxygen atoms in total. The maximum absolute atomic E-state index is 13.3. The lowest BCUT2D eigenvalue weighted by Gasteiger charge is -2.23. The number of benzene rings is 2. The van der Waals surface area contributed by atoms with Crippen molar-refractivity contribution in [3.05, 3.63) is 64.2 Å². The molecule has 0 fully saturated rings. The topological polar surface area (TPSA) is 72.5 Å². The van der Waals surface area contributed by atoms with Crippen LogP contribution in [0.2, 0.25) is 0 Å². The lowest BCUT2D eigenvalue weighted by atomic mass is 9.86. The number of rotatable bonds is 5. The monoisotopic (exact) mass is 449 g/mol. The predicted octanol–water partition coefficient (Wildman–Crippen LogP) is 5.45. The maximum Gasteiger partial charge on any atom is 0.416 e.